The fourth-order valence-electron chi connectivity index (χ4n) is 2.36. The van der Waals surface area contributed by atoms with Crippen LogP contribution < -0.4 is 5.32 Å². The number of aromatic nitrogens is 2. The minimum Gasteiger partial charge on any atom is -0.300 e. The summed E-state index contributed by atoms with van der Waals surface area (Å²) in [5, 5.41) is 8.18. The summed E-state index contributed by atoms with van der Waals surface area (Å²) in [6, 6.07) is 10.9. The van der Waals surface area contributed by atoms with Crippen molar-refractivity contribution < 1.29 is 4.79 Å². The first-order chi connectivity index (χ1) is 12.1. The van der Waals surface area contributed by atoms with Crippen molar-refractivity contribution in [1.29, 1.82) is 0 Å². The number of nitrogens with one attached hydrogen (secondary N) is 1. The standard InChI is InChI=1S/C17H10Cl2N4OS/c18-12-2-1-3-13(19)15(12)21-17-22-16(24)14(25-17)9-10-5-7-23-11(8-10)4-6-20-23/h1-9H,(H,21,22,24)/b14-9-. The average molecular weight is 389 g/mol. The van der Waals surface area contributed by atoms with Gasteiger partial charge in [0.05, 0.1) is 20.5 Å². The first kappa shape index (κ1) is 16.2. The van der Waals surface area contributed by atoms with Gasteiger partial charge in [-0.25, -0.2) is 9.51 Å². The number of aliphatic imine (C=N–C) groups is 1. The number of rotatable bonds is 2. The van der Waals surface area contributed by atoms with E-state index in [0.717, 1.165) is 11.1 Å². The number of pyridine rings is 1. The highest BCUT2D eigenvalue weighted by atomic mass is 35.5. The fourth-order valence-corrected chi connectivity index (χ4v) is 3.67. The average Bonchev–Trinajstić information content (AvgIpc) is 3.18. The Morgan fingerprint density at radius 3 is 2.80 bits per heavy atom. The van der Waals surface area contributed by atoms with Crippen molar-refractivity contribution in [1.82, 2.24) is 14.9 Å². The molecule has 1 amide bonds. The van der Waals surface area contributed by atoms with E-state index in [2.05, 4.69) is 15.4 Å². The van der Waals surface area contributed by atoms with Crippen LogP contribution in [-0.4, -0.2) is 20.7 Å². The molecule has 8 heteroatoms. The maximum atomic E-state index is 12.2. The minimum atomic E-state index is -0.208. The van der Waals surface area contributed by atoms with Gasteiger partial charge in [0.1, 0.15) is 5.69 Å². The second-order valence-electron chi connectivity index (χ2n) is 5.21. The van der Waals surface area contributed by atoms with Crippen LogP contribution in [0.2, 0.25) is 10.0 Å². The molecule has 3 heterocycles. The molecule has 0 atom stereocenters. The Kier molecular flexibility index (Phi) is 4.25. The summed E-state index contributed by atoms with van der Waals surface area (Å²) in [5.74, 6) is -0.208. The molecule has 0 unspecified atom stereocenters. The molecule has 2 aromatic heterocycles. The Balaban J connectivity index is 1.64. The van der Waals surface area contributed by atoms with E-state index >= 15 is 0 Å². The van der Waals surface area contributed by atoms with Gasteiger partial charge < -0.3 is 5.32 Å². The molecule has 25 heavy (non-hydrogen) atoms. The summed E-state index contributed by atoms with van der Waals surface area (Å²) in [6.45, 7) is 0. The summed E-state index contributed by atoms with van der Waals surface area (Å²) in [7, 11) is 0. The van der Waals surface area contributed by atoms with Crippen LogP contribution >= 0.6 is 35.0 Å². The molecule has 1 fully saturated rings. The maximum absolute atomic E-state index is 12.2. The van der Waals surface area contributed by atoms with Crippen LogP contribution in [0.3, 0.4) is 0 Å². The van der Waals surface area contributed by atoms with E-state index in [1.54, 1.807) is 28.9 Å². The number of nitrogens with zero attached hydrogens (tertiary/aromatic N) is 3. The molecule has 1 saturated heterocycles. The molecule has 4 rings (SSSR count). The van der Waals surface area contributed by atoms with Gasteiger partial charge >= 0.3 is 0 Å². The third-order valence-electron chi connectivity index (χ3n) is 3.52. The quantitative estimate of drug-likeness (QED) is 0.655. The number of amides is 1. The van der Waals surface area contributed by atoms with E-state index in [4.69, 9.17) is 23.2 Å². The van der Waals surface area contributed by atoms with Gasteiger partial charge in [-0.3, -0.25) is 4.79 Å². The van der Waals surface area contributed by atoms with E-state index in [1.165, 1.54) is 11.8 Å². The van der Waals surface area contributed by atoms with Crippen molar-refractivity contribution in [2.75, 3.05) is 0 Å². The van der Waals surface area contributed by atoms with Gasteiger partial charge in [0.25, 0.3) is 5.91 Å². The smallest absolute Gasteiger partial charge is 0.264 e. The summed E-state index contributed by atoms with van der Waals surface area (Å²) >= 11 is 13.5. The zero-order valence-electron chi connectivity index (χ0n) is 12.6. The Hall–Kier alpha value is -2.28. The van der Waals surface area contributed by atoms with E-state index < -0.39 is 0 Å². The van der Waals surface area contributed by atoms with Gasteiger partial charge in [-0.2, -0.15) is 5.10 Å². The van der Waals surface area contributed by atoms with E-state index in [9.17, 15) is 4.79 Å². The Labute approximate surface area is 157 Å². The van der Waals surface area contributed by atoms with Gasteiger partial charge in [-0.05, 0) is 53.7 Å². The van der Waals surface area contributed by atoms with Gasteiger partial charge in [-0.1, -0.05) is 29.3 Å². The second-order valence-corrected chi connectivity index (χ2v) is 7.06. The van der Waals surface area contributed by atoms with Crippen molar-refractivity contribution in [2.45, 2.75) is 0 Å². The van der Waals surface area contributed by atoms with Crippen LogP contribution in [-0.2, 0) is 4.79 Å². The number of thioether (sulfide) groups is 1. The largest absolute Gasteiger partial charge is 0.300 e. The number of carbonyl (C=O) groups is 1. The number of amidine groups is 1. The molecule has 124 valence electrons. The van der Waals surface area contributed by atoms with Crippen LogP contribution in [0.1, 0.15) is 5.56 Å². The van der Waals surface area contributed by atoms with Crippen LogP contribution in [0.15, 0.2) is 58.7 Å². The normalized spacial score (nSPS) is 17.6. The number of halogens is 2. The lowest BCUT2D eigenvalue weighted by molar-refractivity contribution is -0.115. The molecular weight excluding hydrogens is 379 g/mol. The van der Waals surface area contributed by atoms with Crippen LogP contribution in [0, 0.1) is 0 Å². The predicted octanol–water partition coefficient (Wildman–Crippen LogP) is 4.53. The molecule has 1 aromatic carbocycles. The Bertz CT molecular complexity index is 1040. The highest BCUT2D eigenvalue weighted by Gasteiger charge is 2.24. The monoisotopic (exact) mass is 388 g/mol. The number of hydrogen-bond acceptors (Lipinski definition) is 4. The van der Waals surface area contributed by atoms with Gasteiger partial charge in [0.15, 0.2) is 5.17 Å². The number of benzene rings is 1. The summed E-state index contributed by atoms with van der Waals surface area (Å²) in [6.07, 6.45) is 5.38. The summed E-state index contributed by atoms with van der Waals surface area (Å²) in [5.41, 5.74) is 2.30. The van der Waals surface area contributed by atoms with Crippen LogP contribution in [0.25, 0.3) is 11.6 Å². The number of carbonyl (C=O) groups excluding carboxylic acids is 1. The second kappa shape index (κ2) is 6.55. The Morgan fingerprint density at radius 1 is 1.20 bits per heavy atom. The van der Waals surface area contributed by atoms with Crippen molar-refractivity contribution in [3.8, 4) is 0 Å². The molecule has 1 aliphatic rings. The zero-order chi connectivity index (χ0) is 17.4. The molecule has 0 bridgehead atoms. The van der Waals surface area contributed by atoms with Gasteiger partial charge in [-0.15, -0.1) is 0 Å². The van der Waals surface area contributed by atoms with Crippen molar-refractivity contribution in [2.24, 2.45) is 4.99 Å². The highest BCUT2D eigenvalue weighted by Crippen LogP contribution is 2.35. The zero-order valence-corrected chi connectivity index (χ0v) is 14.9. The third-order valence-corrected chi connectivity index (χ3v) is 5.04. The van der Waals surface area contributed by atoms with Gasteiger partial charge in [0, 0.05) is 12.4 Å². The molecule has 0 spiro atoms. The highest BCUT2D eigenvalue weighted by molar-refractivity contribution is 8.18. The number of para-hydroxylation sites is 1. The first-order valence-electron chi connectivity index (χ1n) is 7.27. The van der Waals surface area contributed by atoms with Gasteiger partial charge in [0.2, 0.25) is 0 Å². The van der Waals surface area contributed by atoms with E-state index in [1.807, 2.05) is 30.5 Å². The summed E-state index contributed by atoms with van der Waals surface area (Å²) < 4.78 is 1.76. The van der Waals surface area contributed by atoms with E-state index in [-0.39, 0.29) is 5.91 Å². The Morgan fingerprint density at radius 2 is 2.00 bits per heavy atom. The molecule has 0 aliphatic carbocycles. The van der Waals surface area contributed by atoms with Crippen LogP contribution in [0.4, 0.5) is 5.69 Å². The SMILES string of the molecule is O=C1NC(=Nc2c(Cl)cccc2Cl)S/C1=C\c1ccn2nccc2c1. The number of fused-ring (bicyclic) bond motifs is 1. The minimum absolute atomic E-state index is 0.208. The molecule has 1 N–H and O–H groups in total. The molecule has 3 aromatic rings. The third kappa shape index (κ3) is 3.28. The van der Waals surface area contributed by atoms with Crippen molar-refractivity contribution in [3.05, 3.63) is 69.3 Å². The molecule has 0 saturated carbocycles. The molecule has 1 aliphatic heterocycles. The van der Waals surface area contributed by atoms with Crippen molar-refractivity contribution >= 4 is 63.3 Å². The first-order valence-corrected chi connectivity index (χ1v) is 8.84. The van der Waals surface area contributed by atoms with Crippen LogP contribution in [0.5, 0.6) is 0 Å². The predicted molar refractivity (Wildman–Crippen MR) is 102 cm³/mol. The maximum Gasteiger partial charge on any atom is 0.264 e. The number of hydrogen-bond donors (Lipinski definition) is 1. The van der Waals surface area contributed by atoms with Crippen molar-refractivity contribution in [3.63, 3.8) is 0 Å². The fraction of sp³-hybridized carbons (Fsp3) is 0. The molecule has 5 nitrogen and oxygen atoms in total. The summed E-state index contributed by atoms with van der Waals surface area (Å²) in [4.78, 5) is 17.1. The lowest BCUT2D eigenvalue weighted by Crippen LogP contribution is -2.19. The lowest BCUT2D eigenvalue weighted by atomic mass is 10.2. The topological polar surface area (TPSA) is 58.8 Å². The molecule has 0 radical (unpaired) electrons. The lowest BCUT2D eigenvalue weighted by Gasteiger charge is -2.01. The molecular formula is C17H10Cl2N4OS. The van der Waals surface area contributed by atoms with E-state index in [0.29, 0.717) is 25.8 Å².